The van der Waals surface area contributed by atoms with Crippen LogP contribution in [0, 0.1) is 12.7 Å². The zero-order chi connectivity index (χ0) is 21.1. The highest BCUT2D eigenvalue weighted by molar-refractivity contribution is 7.98. The molecule has 0 saturated carbocycles. The lowest BCUT2D eigenvalue weighted by Gasteiger charge is -2.12. The van der Waals surface area contributed by atoms with Crippen molar-refractivity contribution in [1.29, 1.82) is 0 Å². The summed E-state index contributed by atoms with van der Waals surface area (Å²) < 4.78 is 15.0. The van der Waals surface area contributed by atoms with Crippen molar-refractivity contribution in [3.05, 3.63) is 82.9 Å². The fraction of sp³-hybridized carbons (Fsp3) is 0.136. The number of hydrogen-bond acceptors (Lipinski definition) is 4. The Kier molecular flexibility index (Phi) is 6.01. The SMILES string of the molecule is Cc1c(Cl)cccc1NC(=O)Cn1c(SCc2ccc(F)cc2)nc2ccncc21. The summed E-state index contributed by atoms with van der Waals surface area (Å²) in [7, 11) is 0. The molecule has 0 unspecified atom stereocenters. The zero-order valence-electron chi connectivity index (χ0n) is 16.1. The number of benzene rings is 2. The minimum absolute atomic E-state index is 0.0832. The maximum Gasteiger partial charge on any atom is 0.244 e. The molecular weight excluding hydrogens is 423 g/mol. The van der Waals surface area contributed by atoms with Gasteiger partial charge in [-0.15, -0.1) is 0 Å². The average Bonchev–Trinajstić information content (AvgIpc) is 3.08. The van der Waals surface area contributed by atoms with E-state index in [1.807, 2.05) is 23.6 Å². The highest BCUT2D eigenvalue weighted by Gasteiger charge is 2.15. The minimum Gasteiger partial charge on any atom is -0.324 e. The van der Waals surface area contributed by atoms with Crippen LogP contribution in [0.4, 0.5) is 10.1 Å². The number of nitrogens with zero attached hydrogens (tertiary/aromatic N) is 3. The number of anilines is 1. The second-order valence-corrected chi connectivity index (χ2v) is 8.07. The molecule has 0 fully saturated rings. The number of nitrogens with one attached hydrogen (secondary N) is 1. The Labute approximate surface area is 182 Å². The number of amides is 1. The van der Waals surface area contributed by atoms with Crippen LogP contribution < -0.4 is 5.32 Å². The Morgan fingerprint density at radius 2 is 2.00 bits per heavy atom. The highest BCUT2D eigenvalue weighted by Crippen LogP contribution is 2.27. The maximum atomic E-state index is 13.1. The van der Waals surface area contributed by atoms with E-state index in [0.717, 1.165) is 22.2 Å². The summed E-state index contributed by atoms with van der Waals surface area (Å²) >= 11 is 7.64. The van der Waals surface area contributed by atoms with Crippen LogP contribution in [-0.4, -0.2) is 20.4 Å². The number of fused-ring (bicyclic) bond motifs is 1. The third kappa shape index (κ3) is 4.47. The molecule has 2 aromatic heterocycles. The van der Waals surface area contributed by atoms with Gasteiger partial charge in [-0.1, -0.05) is 41.6 Å². The van der Waals surface area contributed by atoms with Crippen molar-refractivity contribution < 1.29 is 9.18 Å². The standard InChI is InChI=1S/C22H18ClFN4OS/c1-14-17(23)3-2-4-18(14)26-21(29)12-28-20-11-25-10-9-19(20)27-22(28)30-13-15-5-7-16(24)8-6-15/h2-11H,12-13H2,1H3,(H,26,29). The van der Waals surface area contributed by atoms with Crippen molar-refractivity contribution in [3.8, 4) is 0 Å². The molecule has 1 N–H and O–H groups in total. The smallest absolute Gasteiger partial charge is 0.244 e. The lowest BCUT2D eigenvalue weighted by Crippen LogP contribution is -2.19. The minimum atomic E-state index is -0.268. The zero-order valence-corrected chi connectivity index (χ0v) is 17.7. The summed E-state index contributed by atoms with van der Waals surface area (Å²) in [6.45, 7) is 1.94. The van der Waals surface area contributed by atoms with Gasteiger partial charge in [-0.25, -0.2) is 9.37 Å². The lowest BCUT2D eigenvalue weighted by molar-refractivity contribution is -0.116. The monoisotopic (exact) mass is 440 g/mol. The molecule has 0 spiro atoms. The van der Waals surface area contributed by atoms with E-state index in [2.05, 4.69) is 15.3 Å². The Bertz CT molecular complexity index is 1210. The molecule has 152 valence electrons. The topological polar surface area (TPSA) is 59.8 Å². The van der Waals surface area contributed by atoms with Crippen LogP contribution >= 0.6 is 23.4 Å². The average molecular weight is 441 g/mol. The van der Waals surface area contributed by atoms with Gasteiger partial charge < -0.3 is 9.88 Å². The molecular formula is C22H18ClFN4OS. The van der Waals surface area contributed by atoms with Crippen LogP contribution in [0.1, 0.15) is 11.1 Å². The first-order valence-electron chi connectivity index (χ1n) is 9.24. The predicted molar refractivity (Wildman–Crippen MR) is 118 cm³/mol. The molecule has 8 heteroatoms. The van der Waals surface area contributed by atoms with E-state index in [9.17, 15) is 9.18 Å². The first-order chi connectivity index (χ1) is 14.5. The normalized spacial score (nSPS) is 11.0. The summed E-state index contributed by atoms with van der Waals surface area (Å²) in [5.74, 6) is 0.147. The molecule has 0 aliphatic heterocycles. The number of rotatable bonds is 6. The van der Waals surface area contributed by atoms with E-state index in [1.54, 1.807) is 36.7 Å². The van der Waals surface area contributed by atoms with Crippen LogP contribution in [0.3, 0.4) is 0 Å². The second-order valence-electron chi connectivity index (χ2n) is 6.72. The summed E-state index contributed by atoms with van der Waals surface area (Å²) in [6, 6.07) is 13.6. The number of aromatic nitrogens is 3. The van der Waals surface area contributed by atoms with Gasteiger partial charge in [0.1, 0.15) is 12.4 Å². The van der Waals surface area contributed by atoms with Gasteiger partial charge in [0, 0.05) is 22.7 Å². The van der Waals surface area contributed by atoms with Crippen molar-refractivity contribution >= 4 is 46.0 Å². The number of imidazole rings is 1. The van der Waals surface area contributed by atoms with E-state index in [-0.39, 0.29) is 18.3 Å². The molecule has 0 radical (unpaired) electrons. The summed E-state index contributed by atoms with van der Waals surface area (Å²) in [4.78, 5) is 21.6. The highest BCUT2D eigenvalue weighted by atomic mass is 35.5. The molecule has 0 aliphatic carbocycles. The number of hydrogen-bond donors (Lipinski definition) is 1. The fourth-order valence-corrected chi connectivity index (χ4v) is 4.16. The molecule has 0 aliphatic rings. The molecule has 0 saturated heterocycles. The van der Waals surface area contributed by atoms with E-state index < -0.39 is 0 Å². The first kappa shape index (κ1) is 20.4. The Balaban J connectivity index is 1.57. The van der Waals surface area contributed by atoms with Crippen LogP contribution in [0.25, 0.3) is 11.0 Å². The number of halogens is 2. The van der Waals surface area contributed by atoms with E-state index >= 15 is 0 Å². The van der Waals surface area contributed by atoms with Gasteiger partial charge in [-0.05, 0) is 48.4 Å². The van der Waals surface area contributed by atoms with Crippen molar-refractivity contribution in [3.63, 3.8) is 0 Å². The predicted octanol–water partition coefficient (Wildman–Crippen LogP) is 5.46. The van der Waals surface area contributed by atoms with Crippen molar-refractivity contribution in [1.82, 2.24) is 14.5 Å². The van der Waals surface area contributed by atoms with Crippen LogP contribution in [0.15, 0.2) is 66.1 Å². The fourth-order valence-electron chi connectivity index (χ4n) is 3.02. The maximum absolute atomic E-state index is 13.1. The molecule has 5 nitrogen and oxygen atoms in total. The third-order valence-corrected chi connectivity index (χ3v) is 6.10. The first-order valence-corrected chi connectivity index (χ1v) is 10.6. The molecule has 4 rings (SSSR count). The third-order valence-electron chi connectivity index (χ3n) is 4.64. The number of carbonyl (C=O) groups excluding carboxylic acids is 1. The van der Waals surface area contributed by atoms with E-state index in [1.165, 1.54) is 23.9 Å². The van der Waals surface area contributed by atoms with Gasteiger partial charge in [0.05, 0.1) is 17.2 Å². The molecule has 0 bridgehead atoms. The van der Waals surface area contributed by atoms with Crippen LogP contribution in [0.5, 0.6) is 0 Å². The van der Waals surface area contributed by atoms with E-state index in [0.29, 0.717) is 21.6 Å². The van der Waals surface area contributed by atoms with Crippen molar-refractivity contribution in [2.24, 2.45) is 0 Å². The summed E-state index contributed by atoms with van der Waals surface area (Å²) in [5.41, 5.74) is 4.00. The number of carbonyl (C=O) groups is 1. The molecule has 0 atom stereocenters. The molecule has 2 aromatic carbocycles. The van der Waals surface area contributed by atoms with Crippen molar-refractivity contribution in [2.75, 3.05) is 5.32 Å². The Hall–Kier alpha value is -2.90. The molecule has 30 heavy (non-hydrogen) atoms. The summed E-state index contributed by atoms with van der Waals surface area (Å²) in [6.07, 6.45) is 3.37. The van der Waals surface area contributed by atoms with Gasteiger partial charge in [0.25, 0.3) is 0 Å². The summed E-state index contributed by atoms with van der Waals surface area (Å²) in [5, 5.41) is 4.21. The Morgan fingerprint density at radius 3 is 2.80 bits per heavy atom. The van der Waals surface area contributed by atoms with Gasteiger partial charge in [0.15, 0.2) is 5.16 Å². The van der Waals surface area contributed by atoms with Gasteiger partial charge in [-0.3, -0.25) is 9.78 Å². The van der Waals surface area contributed by atoms with E-state index in [4.69, 9.17) is 11.6 Å². The lowest BCUT2D eigenvalue weighted by atomic mass is 10.2. The number of pyridine rings is 1. The molecule has 1 amide bonds. The van der Waals surface area contributed by atoms with Gasteiger partial charge in [0.2, 0.25) is 5.91 Å². The molecule has 4 aromatic rings. The van der Waals surface area contributed by atoms with Gasteiger partial charge >= 0.3 is 0 Å². The van der Waals surface area contributed by atoms with Crippen LogP contribution in [0.2, 0.25) is 5.02 Å². The Morgan fingerprint density at radius 1 is 1.20 bits per heavy atom. The van der Waals surface area contributed by atoms with Crippen molar-refractivity contribution in [2.45, 2.75) is 24.4 Å². The largest absolute Gasteiger partial charge is 0.324 e. The number of thioether (sulfide) groups is 1. The van der Waals surface area contributed by atoms with Crippen LogP contribution in [-0.2, 0) is 17.1 Å². The van der Waals surface area contributed by atoms with Gasteiger partial charge in [-0.2, -0.15) is 0 Å². The second kappa shape index (κ2) is 8.85. The molecule has 2 heterocycles. The quantitative estimate of drug-likeness (QED) is 0.404.